The first-order chi connectivity index (χ1) is 15.5. The first-order valence-corrected chi connectivity index (χ1v) is 11.0. The highest BCUT2D eigenvalue weighted by molar-refractivity contribution is 5.86. The number of pyridine rings is 1. The number of carbonyl (C=O) groups is 1. The summed E-state index contributed by atoms with van der Waals surface area (Å²) in [6.45, 7) is -0.250. The van der Waals surface area contributed by atoms with Gasteiger partial charge in [0.2, 0.25) is 0 Å². The van der Waals surface area contributed by atoms with Crippen molar-refractivity contribution in [3.63, 3.8) is 0 Å². The number of fused-ring (bicyclic) bond motifs is 2. The lowest BCUT2D eigenvalue weighted by Gasteiger charge is -2.20. The summed E-state index contributed by atoms with van der Waals surface area (Å²) in [4.78, 5) is 21.3. The molecule has 0 aliphatic heterocycles. The Bertz CT molecular complexity index is 1090. The van der Waals surface area contributed by atoms with Gasteiger partial charge in [-0.05, 0) is 74.1 Å². The van der Waals surface area contributed by atoms with E-state index in [1.807, 2.05) is 23.0 Å². The van der Waals surface area contributed by atoms with Gasteiger partial charge in [-0.1, -0.05) is 0 Å². The molecule has 0 unspecified atom stereocenters. The van der Waals surface area contributed by atoms with Gasteiger partial charge in [-0.25, -0.2) is 9.97 Å². The summed E-state index contributed by atoms with van der Waals surface area (Å²) in [6, 6.07) is 3.78. The zero-order valence-electron chi connectivity index (χ0n) is 17.8. The van der Waals surface area contributed by atoms with E-state index in [0.717, 1.165) is 31.1 Å². The van der Waals surface area contributed by atoms with E-state index in [0.29, 0.717) is 17.9 Å². The fraction of sp³-hybridized carbons (Fsp3) is 0.478. The number of nitrogens with zero attached hydrogens (tertiary/aromatic N) is 4. The molecule has 5 N–H and O–H groups in total. The second-order valence-electron chi connectivity index (χ2n) is 8.51. The van der Waals surface area contributed by atoms with E-state index in [1.165, 1.54) is 36.0 Å². The predicted molar refractivity (Wildman–Crippen MR) is 119 cm³/mol. The molecule has 0 aromatic carbocycles. The van der Waals surface area contributed by atoms with Crippen molar-refractivity contribution in [2.75, 3.05) is 5.73 Å². The van der Waals surface area contributed by atoms with Gasteiger partial charge in [-0.15, -0.1) is 0 Å². The monoisotopic (exact) mass is 439 g/mol. The molecule has 5 rings (SSSR count). The normalized spacial score (nSPS) is 24.6. The molecule has 0 amide bonds. The SMILES string of the molecule is Nc1ncnc2c1ccn2[C@@H]1C[C@@H](CCc2ccnc3c2CCCC3)[C@@H](O)[C@H]1O.O=CO. The van der Waals surface area contributed by atoms with Gasteiger partial charge in [0.25, 0.3) is 6.47 Å². The van der Waals surface area contributed by atoms with Crippen LogP contribution in [0.5, 0.6) is 0 Å². The first kappa shape index (κ1) is 22.2. The van der Waals surface area contributed by atoms with E-state index < -0.39 is 12.2 Å². The van der Waals surface area contributed by atoms with Gasteiger partial charge in [-0.2, -0.15) is 0 Å². The summed E-state index contributed by atoms with van der Waals surface area (Å²) in [6.07, 6.45) is 10.8. The maximum absolute atomic E-state index is 10.8. The minimum atomic E-state index is -0.821. The topological polar surface area (TPSA) is 147 Å². The number of aryl methyl sites for hydroxylation is 2. The average molecular weight is 440 g/mol. The smallest absolute Gasteiger partial charge is 0.290 e. The Labute approximate surface area is 186 Å². The van der Waals surface area contributed by atoms with Gasteiger partial charge in [0, 0.05) is 18.1 Å². The quantitative estimate of drug-likeness (QED) is 0.451. The number of nitrogen functional groups attached to an aromatic ring is 1. The number of aliphatic hydroxyl groups excluding tert-OH is 2. The van der Waals surface area contributed by atoms with E-state index in [1.54, 1.807) is 0 Å². The lowest BCUT2D eigenvalue weighted by atomic mass is 9.88. The van der Waals surface area contributed by atoms with Crippen LogP contribution in [0, 0.1) is 5.92 Å². The molecule has 2 aliphatic carbocycles. The Morgan fingerprint density at radius 2 is 1.91 bits per heavy atom. The standard InChI is InChI=1S/C22H27N5O2.CH2O2/c23-21-16-8-10-27(22(16)26-12-25-21)18-11-14(19(28)20(18)29)6-5-13-7-9-24-17-4-2-1-3-15(13)17;2-1-3/h7-10,12,14,18-20,28-29H,1-6,11H2,(H2,23,25,26);1H,(H,2,3)/t14-,18-,19-,20+;/m1./s1. The fourth-order valence-electron chi connectivity index (χ4n) is 5.19. The number of aromatic nitrogens is 4. The Kier molecular flexibility index (Phi) is 6.66. The second kappa shape index (κ2) is 9.62. The Hall–Kier alpha value is -3.04. The molecule has 0 radical (unpaired) electrons. The van der Waals surface area contributed by atoms with Crippen molar-refractivity contribution in [3.8, 4) is 0 Å². The second-order valence-corrected chi connectivity index (χ2v) is 8.51. The lowest BCUT2D eigenvalue weighted by Crippen LogP contribution is -2.29. The summed E-state index contributed by atoms with van der Waals surface area (Å²) in [5.41, 5.74) is 10.7. The molecular formula is C23H29N5O4. The van der Waals surface area contributed by atoms with E-state index in [2.05, 4.69) is 21.0 Å². The molecule has 0 spiro atoms. The van der Waals surface area contributed by atoms with Crippen molar-refractivity contribution >= 4 is 23.3 Å². The van der Waals surface area contributed by atoms with E-state index >= 15 is 0 Å². The third kappa shape index (κ3) is 4.18. The molecule has 2 aliphatic rings. The largest absolute Gasteiger partial charge is 0.483 e. The molecule has 3 aromatic heterocycles. The number of aliphatic hydroxyl groups is 2. The van der Waals surface area contributed by atoms with Gasteiger partial charge in [0.05, 0.1) is 17.5 Å². The van der Waals surface area contributed by atoms with E-state index in [-0.39, 0.29) is 18.4 Å². The van der Waals surface area contributed by atoms with Gasteiger partial charge in [-0.3, -0.25) is 9.78 Å². The summed E-state index contributed by atoms with van der Waals surface area (Å²) < 4.78 is 1.94. The van der Waals surface area contributed by atoms with Crippen LogP contribution in [0.3, 0.4) is 0 Å². The van der Waals surface area contributed by atoms with Crippen molar-refractivity contribution in [1.29, 1.82) is 0 Å². The van der Waals surface area contributed by atoms with E-state index in [4.69, 9.17) is 15.6 Å². The number of rotatable bonds is 4. The summed E-state index contributed by atoms with van der Waals surface area (Å²) in [5.74, 6) is 0.472. The number of nitrogens with two attached hydrogens (primary N) is 1. The van der Waals surface area contributed by atoms with Crippen molar-refractivity contribution in [1.82, 2.24) is 19.5 Å². The highest BCUT2D eigenvalue weighted by atomic mass is 16.3. The van der Waals surface area contributed by atoms with Crippen LogP contribution in [0.2, 0.25) is 0 Å². The molecule has 170 valence electrons. The lowest BCUT2D eigenvalue weighted by molar-refractivity contribution is -0.122. The molecule has 4 atom stereocenters. The van der Waals surface area contributed by atoms with Gasteiger partial charge >= 0.3 is 0 Å². The van der Waals surface area contributed by atoms with Gasteiger partial charge in [0.1, 0.15) is 23.9 Å². The zero-order chi connectivity index (χ0) is 22.7. The highest BCUT2D eigenvalue weighted by Crippen LogP contribution is 2.40. The van der Waals surface area contributed by atoms with Crippen LogP contribution in [0.15, 0.2) is 30.9 Å². The molecule has 32 heavy (non-hydrogen) atoms. The van der Waals surface area contributed by atoms with Crippen LogP contribution in [0.25, 0.3) is 11.0 Å². The molecule has 0 saturated heterocycles. The molecule has 3 heterocycles. The Morgan fingerprint density at radius 1 is 1.12 bits per heavy atom. The Balaban J connectivity index is 0.000000775. The van der Waals surface area contributed by atoms with Crippen LogP contribution < -0.4 is 5.73 Å². The number of carboxylic acid groups (broad SMARTS) is 1. The van der Waals surface area contributed by atoms with Crippen LogP contribution in [0.4, 0.5) is 5.82 Å². The van der Waals surface area contributed by atoms with Crippen LogP contribution in [-0.4, -0.2) is 53.5 Å². The van der Waals surface area contributed by atoms with Crippen LogP contribution >= 0.6 is 0 Å². The molecule has 9 nitrogen and oxygen atoms in total. The maximum Gasteiger partial charge on any atom is 0.290 e. The number of hydrogen-bond donors (Lipinski definition) is 4. The number of anilines is 1. The Morgan fingerprint density at radius 3 is 2.72 bits per heavy atom. The average Bonchev–Trinajstić information content (AvgIpc) is 3.35. The van der Waals surface area contributed by atoms with Gasteiger partial charge in [0.15, 0.2) is 0 Å². The highest BCUT2D eigenvalue weighted by Gasteiger charge is 2.42. The molecule has 1 saturated carbocycles. The third-order valence-corrected chi connectivity index (χ3v) is 6.79. The molecule has 9 heteroatoms. The molecule has 0 bridgehead atoms. The van der Waals surface area contributed by atoms with Crippen LogP contribution in [0.1, 0.15) is 48.5 Å². The third-order valence-electron chi connectivity index (χ3n) is 6.79. The van der Waals surface area contributed by atoms with Crippen molar-refractivity contribution in [2.24, 2.45) is 5.92 Å². The summed E-state index contributed by atoms with van der Waals surface area (Å²) in [5, 5.41) is 29.2. The molecular weight excluding hydrogens is 410 g/mol. The van der Waals surface area contributed by atoms with Crippen molar-refractivity contribution in [3.05, 3.63) is 47.7 Å². The minimum Gasteiger partial charge on any atom is -0.483 e. The van der Waals surface area contributed by atoms with Crippen LogP contribution in [-0.2, 0) is 24.1 Å². The molecule has 1 fully saturated rings. The summed E-state index contributed by atoms with van der Waals surface area (Å²) >= 11 is 0. The summed E-state index contributed by atoms with van der Waals surface area (Å²) in [7, 11) is 0. The van der Waals surface area contributed by atoms with Crippen molar-refractivity contribution < 1.29 is 20.1 Å². The predicted octanol–water partition coefficient (Wildman–Crippen LogP) is 1.90. The fourth-order valence-corrected chi connectivity index (χ4v) is 5.19. The van der Waals surface area contributed by atoms with Crippen molar-refractivity contribution in [2.45, 2.75) is 63.2 Å². The van der Waals surface area contributed by atoms with E-state index in [9.17, 15) is 10.2 Å². The first-order valence-electron chi connectivity index (χ1n) is 11.0. The molecule has 3 aromatic rings. The maximum atomic E-state index is 10.8. The number of hydrogen-bond acceptors (Lipinski definition) is 7. The van der Waals surface area contributed by atoms with Gasteiger partial charge < -0.3 is 25.6 Å². The zero-order valence-corrected chi connectivity index (χ0v) is 17.8. The minimum absolute atomic E-state index is 0.0408.